The van der Waals surface area contributed by atoms with E-state index in [9.17, 15) is 16.8 Å². The summed E-state index contributed by atoms with van der Waals surface area (Å²) in [6, 6.07) is 3.43. The zero-order chi connectivity index (χ0) is 26.3. The molecule has 0 aliphatic carbocycles. The molecule has 0 bridgehead atoms. The molecule has 0 saturated carbocycles. The van der Waals surface area contributed by atoms with Crippen molar-refractivity contribution in [1.29, 1.82) is 0 Å². The summed E-state index contributed by atoms with van der Waals surface area (Å²) in [5, 5.41) is 3.40. The van der Waals surface area contributed by atoms with Crippen molar-refractivity contribution in [3.8, 4) is 9.75 Å². The zero-order valence-electron chi connectivity index (χ0n) is 22.3. The smallest absolute Gasteiger partial charge is 0.179 e. The van der Waals surface area contributed by atoms with Gasteiger partial charge in [-0.05, 0) is 25.0 Å². The minimum atomic E-state index is -3.30. The van der Waals surface area contributed by atoms with Crippen molar-refractivity contribution in [3.63, 3.8) is 0 Å². The summed E-state index contributed by atoms with van der Waals surface area (Å²) in [5.74, 6) is 0.363. The van der Waals surface area contributed by atoms with Crippen LogP contribution in [-0.4, -0.2) is 28.3 Å². The molecule has 206 valence electrons. The maximum absolute atomic E-state index is 12.8. The Bertz CT molecular complexity index is 978. The molecule has 2 heterocycles. The molecule has 0 aliphatic heterocycles. The van der Waals surface area contributed by atoms with Crippen LogP contribution in [-0.2, 0) is 19.7 Å². The van der Waals surface area contributed by atoms with E-state index in [1.165, 1.54) is 86.9 Å². The van der Waals surface area contributed by atoms with Crippen molar-refractivity contribution in [1.82, 2.24) is 0 Å². The molecule has 2 rings (SSSR count). The fourth-order valence-electron chi connectivity index (χ4n) is 4.31. The predicted molar refractivity (Wildman–Crippen MR) is 157 cm³/mol. The number of hydrogen-bond donors (Lipinski definition) is 0. The first-order valence-corrected chi connectivity index (χ1v) is 19.0. The van der Waals surface area contributed by atoms with Crippen LogP contribution >= 0.6 is 22.7 Å². The molecule has 4 nitrogen and oxygen atoms in total. The molecule has 0 radical (unpaired) electrons. The summed E-state index contributed by atoms with van der Waals surface area (Å²) in [5.41, 5.74) is 0. The third-order valence-electron chi connectivity index (χ3n) is 6.65. The van der Waals surface area contributed by atoms with Crippen molar-refractivity contribution < 1.29 is 16.8 Å². The first kappa shape index (κ1) is 31.5. The molecule has 0 fully saturated rings. The van der Waals surface area contributed by atoms with E-state index in [1.54, 1.807) is 22.9 Å². The van der Waals surface area contributed by atoms with E-state index in [2.05, 4.69) is 13.8 Å². The normalized spacial score (nSPS) is 12.4. The summed E-state index contributed by atoms with van der Waals surface area (Å²) in [7, 11) is -6.60. The van der Waals surface area contributed by atoms with E-state index in [0.717, 1.165) is 35.4 Å². The van der Waals surface area contributed by atoms with E-state index in [4.69, 9.17) is 0 Å². The summed E-state index contributed by atoms with van der Waals surface area (Å²) in [4.78, 5) is 2.37. The maximum atomic E-state index is 12.8. The van der Waals surface area contributed by atoms with Gasteiger partial charge in [-0.2, -0.15) is 0 Å². The molecule has 0 unspecified atom stereocenters. The largest absolute Gasteiger partial charge is 0.224 e. The van der Waals surface area contributed by atoms with Crippen LogP contribution in [0.25, 0.3) is 9.75 Å². The zero-order valence-corrected chi connectivity index (χ0v) is 25.6. The van der Waals surface area contributed by atoms with Gasteiger partial charge in [0.25, 0.3) is 0 Å². The van der Waals surface area contributed by atoms with Gasteiger partial charge in [0, 0.05) is 20.5 Å². The van der Waals surface area contributed by atoms with Crippen LogP contribution < -0.4 is 0 Å². The van der Waals surface area contributed by atoms with E-state index in [0.29, 0.717) is 22.6 Å². The number of rotatable bonds is 21. The van der Waals surface area contributed by atoms with E-state index < -0.39 is 19.7 Å². The van der Waals surface area contributed by atoms with Gasteiger partial charge < -0.3 is 0 Å². The van der Waals surface area contributed by atoms with Crippen molar-refractivity contribution >= 4 is 42.3 Å². The molecular weight excluding hydrogens is 529 g/mol. The Kier molecular flexibility index (Phi) is 14.9. The second-order valence-electron chi connectivity index (χ2n) is 9.88. The van der Waals surface area contributed by atoms with Gasteiger partial charge in [-0.1, -0.05) is 104 Å². The highest BCUT2D eigenvalue weighted by molar-refractivity contribution is 7.91. The summed E-state index contributed by atoms with van der Waals surface area (Å²) >= 11 is 2.75. The van der Waals surface area contributed by atoms with Gasteiger partial charge in [0.2, 0.25) is 0 Å². The van der Waals surface area contributed by atoms with Crippen molar-refractivity contribution in [2.75, 3.05) is 11.5 Å². The Morgan fingerprint density at radius 1 is 0.500 bits per heavy atom. The SMILES string of the molecule is CCCCCCCCCCS(=O)(=O)c1csc(-c2cc(S(=O)(=O)CCCCCCCCCC)cs2)c1. The molecule has 0 aromatic carbocycles. The van der Waals surface area contributed by atoms with E-state index in [1.807, 2.05) is 0 Å². The lowest BCUT2D eigenvalue weighted by Crippen LogP contribution is -2.05. The Morgan fingerprint density at radius 3 is 1.14 bits per heavy atom. The third-order valence-corrected chi connectivity index (χ3v) is 12.6. The molecule has 0 atom stereocenters. The Hall–Kier alpha value is -0.700. The average Bonchev–Trinajstić information content (AvgIpc) is 3.53. The number of sulfone groups is 2. The standard InChI is InChI=1S/C28H46O4S4/c1-3-5-7-9-11-13-15-17-19-35(29,30)25-21-27(33-23-25)28-22-26(24-34-28)36(31,32)20-18-16-14-12-10-8-6-4-2/h21-24H,3-20H2,1-2H3. The summed E-state index contributed by atoms with van der Waals surface area (Å²) in [6.07, 6.45) is 17.9. The van der Waals surface area contributed by atoms with Gasteiger partial charge >= 0.3 is 0 Å². The van der Waals surface area contributed by atoms with Gasteiger partial charge in [-0.15, -0.1) is 22.7 Å². The Morgan fingerprint density at radius 2 is 0.806 bits per heavy atom. The van der Waals surface area contributed by atoms with Gasteiger partial charge in [0.1, 0.15) is 0 Å². The summed E-state index contributed by atoms with van der Waals surface area (Å²) in [6.45, 7) is 4.41. The van der Waals surface area contributed by atoms with E-state index >= 15 is 0 Å². The highest BCUT2D eigenvalue weighted by atomic mass is 32.2. The molecular formula is C28H46O4S4. The summed E-state index contributed by atoms with van der Waals surface area (Å²) < 4.78 is 51.1. The first-order valence-electron chi connectivity index (χ1n) is 13.9. The third kappa shape index (κ3) is 11.4. The van der Waals surface area contributed by atoms with Gasteiger partial charge in [0.05, 0.1) is 21.3 Å². The van der Waals surface area contributed by atoms with Crippen LogP contribution in [0.1, 0.15) is 117 Å². The van der Waals surface area contributed by atoms with Crippen LogP contribution in [0.2, 0.25) is 0 Å². The lowest BCUT2D eigenvalue weighted by Gasteiger charge is -2.03. The fraction of sp³-hybridized carbons (Fsp3) is 0.714. The monoisotopic (exact) mass is 574 g/mol. The fourth-order valence-corrected chi connectivity index (χ4v) is 9.81. The van der Waals surface area contributed by atoms with Crippen LogP contribution in [0.3, 0.4) is 0 Å². The minimum absolute atomic E-state index is 0.181. The van der Waals surface area contributed by atoms with Gasteiger partial charge in [-0.3, -0.25) is 0 Å². The van der Waals surface area contributed by atoms with Gasteiger partial charge in [0.15, 0.2) is 19.7 Å². The average molecular weight is 575 g/mol. The molecule has 2 aromatic heterocycles. The highest BCUT2D eigenvalue weighted by Crippen LogP contribution is 2.36. The number of thiophene rings is 2. The minimum Gasteiger partial charge on any atom is -0.224 e. The highest BCUT2D eigenvalue weighted by Gasteiger charge is 2.20. The lowest BCUT2D eigenvalue weighted by atomic mass is 10.1. The first-order chi connectivity index (χ1) is 17.3. The second-order valence-corrected chi connectivity index (χ2v) is 15.9. The Balaban J connectivity index is 1.80. The maximum Gasteiger partial charge on any atom is 0.179 e. The van der Waals surface area contributed by atoms with Gasteiger partial charge in [-0.25, -0.2) is 16.8 Å². The molecule has 0 amide bonds. The topological polar surface area (TPSA) is 68.3 Å². The van der Waals surface area contributed by atoms with Crippen LogP contribution in [0.5, 0.6) is 0 Å². The lowest BCUT2D eigenvalue weighted by molar-refractivity contribution is 0.572. The van der Waals surface area contributed by atoms with E-state index in [-0.39, 0.29) is 11.5 Å². The Labute approximate surface area is 228 Å². The van der Waals surface area contributed by atoms with Crippen LogP contribution in [0.15, 0.2) is 32.7 Å². The van der Waals surface area contributed by atoms with Crippen molar-refractivity contribution in [3.05, 3.63) is 22.9 Å². The molecule has 36 heavy (non-hydrogen) atoms. The molecule has 0 spiro atoms. The van der Waals surface area contributed by atoms with Crippen molar-refractivity contribution in [2.24, 2.45) is 0 Å². The van der Waals surface area contributed by atoms with Crippen LogP contribution in [0.4, 0.5) is 0 Å². The molecule has 0 N–H and O–H groups in total. The molecule has 8 heteroatoms. The number of unbranched alkanes of at least 4 members (excludes halogenated alkanes) is 14. The number of hydrogen-bond acceptors (Lipinski definition) is 6. The molecule has 2 aromatic rings. The molecule has 0 aliphatic rings. The predicted octanol–water partition coefficient (Wildman–Crippen LogP) is 9.31. The molecule has 0 saturated heterocycles. The quantitative estimate of drug-likeness (QED) is 0.139. The van der Waals surface area contributed by atoms with Crippen molar-refractivity contribution in [2.45, 2.75) is 126 Å². The second kappa shape index (κ2) is 17.0. The van der Waals surface area contributed by atoms with Crippen LogP contribution in [0, 0.1) is 0 Å².